The van der Waals surface area contributed by atoms with Crippen LogP contribution in [0.1, 0.15) is 13.8 Å². The summed E-state index contributed by atoms with van der Waals surface area (Å²) in [6, 6.07) is 4.67. The molecule has 1 atom stereocenters. The van der Waals surface area contributed by atoms with Crippen molar-refractivity contribution in [1.29, 1.82) is 0 Å². The number of nitrogens with one attached hydrogen (secondary N) is 1. The fraction of sp³-hybridized carbons (Fsp3) is 0.467. The summed E-state index contributed by atoms with van der Waals surface area (Å²) in [5.41, 5.74) is 5.74. The summed E-state index contributed by atoms with van der Waals surface area (Å²) in [7, 11) is 0. The van der Waals surface area contributed by atoms with Crippen LogP contribution in [-0.4, -0.2) is 48.7 Å². The first kappa shape index (κ1) is 17.4. The van der Waals surface area contributed by atoms with Gasteiger partial charge in [0, 0.05) is 12.2 Å². The maximum absolute atomic E-state index is 12.2. The Balaban J connectivity index is 2.00. The molecule has 1 aromatic carbocycles. The molecule has 0 bridgehead atoms. The third kappa shape index (κ3) is 4.74. The molecule has 7 nitrogen and oxygen atoms in total. The van der Waals surface area contributed by atoms with E-state index in [0.717, 1.165) is 0 Å². The van der Waals surface area contributed by atoms with Crippen LogP contribution in [0.3, 0.4) is 0 Å². The normalized spacial score (nSPS) is 17.9. The van der Waals surface area contributed by atoms with E-state index in [1.54, 1.807) is 18.2 Å². The second-order valence-electron chi connectivity index (χ2n) is 5.45. The number of halogens is 1. The summed E-state index contributed by atoms with van der Waals surface area (Å²) >= 11 is 6.14. The fourth-order valence-electron chi connectivity index (χ4n) is 2.14. The number of carbonyl (C=O) groups is 2. The number of primary amides is 1. The summed E-state index contributed by atoms with van der Waals surface area (Å²) < 4.78 is 10.7. The van der Waals surface area contributed by atoms with E-state index in [1.165, 1.54) is 4.90 Å². The highest BCUT2D eigenvalue weighted by Crippen LogP contribution is 2.28. The molecule has 23 heavy (non-hydrogen) atoms. The van der Waals surface area contributed by atoms with E-state index >= 15 is 0 Å². The summed E-state index contributed by atoms with van der Waals surface area (Å²) in [6.07, 6.45) is -0.771. The topological polar surface area (TPSA) is 93.9 Å². The van der Waals surface area contributed by atoms with Gasteiger partial charge in [0.2, 0.25) is 5.91 Å². The van der Waals surface area contributed by atoms with Crippen molar-refractivity contribution in [3.05, 3.63) is 23.2 Å². The molecule has 0 aromatic heterocycles. The molecular weight excluding hydrogens is 322 g/mol. The van der Waals surface area contributed by atoms with Crippen molar-refractivity contribution >= 4 is 29.2 Å². The van der Waals surface area contributed by atoms with Crippen molar-refractivity contribution in [3.63, 3.8) is 0 Å². The fourth-order valence-corrected chi connectivity index (χ4v) is 2.36. The summed E-state index contributed by atoms with van der Waals surface area (Å²) in [5.74, 6) is -0.0273. The Hall–Kier alpha value is -1.99. The van der Waals surface area contributed by atoms with Crippen LogP contribution < -0.4 is 15.8 Å². The molecule has 3 N–H and O–H groups in total. The van der Waals surface area contributed by atoms with Gasteiger partial charge in [0.1, 0.15) is 5.75 Å². The van der Waals surface area contributed by atoms with Crippen molar-refractivity contribution in [2.75, 3.05) is 25.0 Å². The van der Waals surface area contributed by atoms with Gasteiger partial charge < -0.3 is 25.4 Å². The smallest absolute Gasteiger partial charge is 0.322 e. The Morgan fingerprint density at radius 3 is 2.83 bits per heavy atom. The van der Waals surface area contributed by atoms with Crippen LogP contribution >= 0.6 is 11.6 Å². The number of anilines is 1. The van der Waals surface area contributed by atoms with Crippen LogP contribution in [0.2, 0.25) is 5.02 Å². The molecule has 1 heterocycles. The molecule has 0 unspecified atom stereocenters. The molecule has 1 aliphatic rings. The first-order chi connectivity index (χ1) is 10.9. The molecular formula is C15H20ClN3O4. The molecule has 3 amide bonds. The molecule has 0 spiro atoms. The summed E-state index contributed by atoms with van der Waals surface area (Å²) in [6.45, 7) is 4.59. The van der Waals surface area contributed by atoms with Crippen LogP contribution in [0.15, 0.2) is 18.2 Å². The molecule has 2 rings (SSSR count). The Labute approximate surface area is 139 Å². The lowest BCUT2D eigenvalue weighted by atomic mass is 10.2. The third-order valence-corrected chi connectivity index (χ3v) is 3.51. The minimum Gasteiger partial charge on any atom is -0.489 e. The molecule has 1 saturated heterocycles. The second kappa shape index (κ2) is 7.52. The number of morpholine rings is 1. The van der Waals surface area contributed by atoms with E-state index < -0.39 is 12.0 Å². The number of carbonyl (C=O) groups excluding carboxylic acids is 2. The van der Waals surface area contributed by atoms with Gasteiger partial charge in [-0.3, -0.25) is 4.79 Å². The average molecular weight is 342 g/mol. The summed E-state index contributed by atoms with van der Waals surface area (Å²) in [5, 5.41) is 3.14. The minimum absolute atomic E-state index is 0.00650. The zero-order valence-electron chi connectivity index (χ0n) is 13.0. The highest BCUT2D eigenvalue weighted by Gasteiger charge is 2.27. The van der Waals surface area contributed by atoms with E-state index in [-0.39, 0.29) is 25.3 Å². The average Bonchev–Trinajstić information content (AvgIpc) is 2.49. The molecule has 1 fully saturated rings. The van der Waals surface area contributed by atoms with Crippen LogP contribution in [0.5, 0.6) is 5.75 Å². The Morgan fingerprint density at radius 1 is 1.48 bits per heavy atom. The van der Waals surface area contributed by atoms with Gasteiger partial charge in [0.25, 0.3) is 0 Å². The van der Waals surface area contributed by atoms with E-state index in [2.05, 4.69) is 5.32 Å². The van der Waals surface area contributed by atoms with Gasteiger partial charge in [-0.2, -0.15) is 0 Å². The van der Waals surface area contributed by atoms with Crippen molar-refractivity contribution < 1.29 is 19.1 Å². The van der Waals surface area contributed by atoms with Crippen molar-refractivity contribution in [1.82, 2.24) is 4.90 Å². The maximum atomic E-state index is 12.2. The van der Waals surface area contributed by atoms with Crippen molar-refractivity contribution in [2.24, 2.45) is 5.73 Å². The van der Waals surface area contributed by atoms with Gasteiger partial charge in [-0.15, -0.1) is 0 Å². The van der Waals surface area contributed by atoms with Gasteiger partial charge >= 0.3 is 6.03 Å². The quantitative estimate of drug-likeness (QED) is 0.873. The largest absolute Gasteiger partial charge is 0.489 e. The monoisotopic (exact) mass is 341 g/mol. The van der Waals surface area contributed by atoms with Gasteiger partial charge in [-0.25, -0.2) is 4.79 Å². The highest BCUT2D eigenvalue weighted by atomic mass is 35.5. The highest BCUT2D eigenvalue weighted by molar-refractivity contribution is 6.32. The molecule has 0 saturated carbocycles. The van der Waals surface area contributed by atoms with Crippen LogP contribution in [-0.2, 0) is 9.53 Å². The predicted molar refractivity (Wildman–Crippen MR) is 86.7 cm³/mol. The zero-order chi connectivity index (χ0) is 17.0. The maximum Gasteiger partial charge on any atom is 0.322 e. The second-order valence-corrected chi connectivity index (χ2v) is 5.86. The van der Waals surface area contributed by atoms with Gasteiger partial charge in [-0.05, 0) is 32.0 Å². The molecule has 126 valence electrons. The van der Waals surface area contributed by atoms with Gasteiger partial charge in [-0.1, -0.05) is 11.6 Å². The SMILES string of the molecule is CC(C)Oc1ccc(NC(=O)N2CCO[C@H](C(N)=O)C2)cc1Cl. The van der Waals surface area contributed by atoms with E-state index in [4.69, 9.17) is 26.8 Å². The number of amides is 3. The molecule has 0 aliphatic carbocycles. The van der Waals surface area contributed by atoms with Gasteiger partial charge in [0.05, 0.1) is 24.3 Å². The lowest BCUT2D eigenvalue weighted by Gasteiger charge is -2.31. The first-order valence-corrected chi connectivity index (χ1v) is 7.67. The number of hydrogen-bond acceptors (Lipinski definition) is 4. The molecule has 1 aromatic rings. The zero-order valence-corrected chi connectivity index (χ0v) is 13.8. The van der Waals surface area contributed by atoms with Crippen LogP contribution in [0, 0.1) is 0 Å². The standard InChI is InChI=1S/C15H20ClN3O4/c1-9(2)23-12-4-3-10(7-11(12)16)18-15(21)19-5-6-22-13(8-19)14(17)20/h3-4,7,9,13H,5-6,8H2,1-2H3,(H2,17,20)(H,18,21)/t13-/m0/s1. The molecule has 1 aliphatic heterocycles. The molecule has 0 radical (unpaired) electrons. The number of hydrogen-bond donors (Lipinski definition) is 2. The first-order valence-electron chi connectivity index (χ1n) is 7.30. The van der Waals surface area contributed by atoms with Crippen molar-refractivity contribution in [2.45, 2.75) is 26.1 Å². The number of rotatable bonds is 4. The number of ether oxygens (including phenoxy) is 2. The Bertz CT molecular complexity index is 594. The van der Waals surface area contributed by atoms with Crippen LogP contribution in [0.4, 0.5) is 10.5 Å². The van der Waals surface area contributed by atoms with E-state index in [9.17, 15) is 9.59 Å². The predicted octanol–water partition coefficient (Wildman–Crippen LogP) is 1.85. The van der Waals surface area contributed by atoms with Crippen molar-refractivity contribution in [3.8, 4) is 5.75 Å². The number of benzene rings is 1. The lowest BCUT2D eigenvalue weighted by Crippen LogP contribution is -2.51. The third-order valence-electron chi connectivity index (χ3n) is 3.22. The molecule has 8 heteroatoms. The van der Waals surface area contributed by atoms with E-state index in [0.29, 0.717) is 23.0 Å². The number of nitrogens with zero attached hydrogens (tertiary/aromatic N) is 1. The Kier molecular flexibility index (Phi) is 5.68. The summed E-state index contributed by atoms with van der Waals surface area (Å²) in [4.78, 5) is 24.9. The minimum atomic E-state index is -0.778. The van der Waals surface area contributed by atoms with E-state index in [1.807, 2.05) is 13.8 Å². The van der Waals surface area contributed by atoms with Gasteiger partial charge in [0.15, 0.2) is 6.10 Å². The number of nitrogens with two attached hydrogens (primary N) is 1. The van der Waals surface area contributed by atoms with Crippen LogP contribution in [0.25, 0.3) is 0 Å². The number of urea groups is 1. The lowest BCUT2D eigenvalue weighted by molar-refractivity contribution is -0.133. The Morgan fingerprint density at radius 2 is 2.22 bits per heavy atom.